The number of carboxylic acids is 1. The lowest BCUT2D eigenvalue weighted by atomic mass is 10.1. The molecular formula is C15H15NO2. The van der Waals surface area contributed by atoms with Crippen molar-refractivity contribution >= 4 is 5.97 Å². The monoisotopic (exact) mass is 241 g/mol. The summed E-state index contributed by atoms with van der Waals surface area (Å²) in [4.78, 5) is 11.3. The summed E-state index contributed by atoms with van der Waals surface area (Å²) in [5.74, 6) is -0.395. The maximum Gasteiger partial charge on any atom is 0.337 e. The lowest BCUT2D eigenvalue weighted by molar-refractivity contribution is 0.0695. The Bertz CT molecular complexity index is 594. The Morgan fingerprint density at radius 3 is 2.50 bits per heavy atom. The Balaban J connectivity index is 2.17. The summed E-state index contributed by atoms with van der Waals surface area (Å²) >= 11 is 0. The van der Waals surface area contributed by atoms with E-state index >= 15 is 0 Å². The van der Waals surface area contributed by atoms with Crippen LogP contribution in [0.2, 0.25) is 0 Å². The molecule has 0 spiro atoms. The van der Waals surface area contributed by atoms with Crippen molar-refractivity contribution in [1.29, 1.82) is 0 Å². The SMILES string of the molecule is Cn1c(-c2ccccc2)cc(C(=O)O)c1C1CC1. The van der Waals surface area contributed by atoms with Crippen LogP contribution < -0.4 is 0 Å². The number of benzene rings is 1. The molecule has 3 heteroatoms. The molecular weight excluding hydrogens is 226 g/mol. The van der Waals surface area contributed by atoms with E-state index in [1.807, 2.05) is 41.9 Å². The smallest absolute Gasteiger partial charge is 0.337 e. The molecule has 0 amide bonds. The highest BCUT2D eigenvalue weighted by atomic mass is 16.4. The van der Waals surface area contributed by atoms with Gasteiger partial charge in [-0.3, -0.25) is 0 Å². The first-order valence-electron chi connectivity index (χ1n) is 6.17. The van der Waals surface area contributed by atoms with E-state index in [9.17, 15) is 9.90 Å². The van der Waals surface area contributed by atoms with Crippen LogP contribution in [-0.2, 0) is 7.05 Å². The third-order valence-corrected chi connectivity index (χ3v) is 3.54. The molecule has 0 radical (unpaired) electrons. The molecule has 92 valence electrons. The zero-order valence-corrected chi connectivity index (χ0v) is 10.3. The Morgan fingerprint density at radius 2 is 1.94 bits per heavy atom. The second kappa shape index (κ2) is 4.02. The van der Waals surface area contributed by atoms with Crippen LogP contribution in [0.25, 0.3) is 11.3 Å². The number of carboxylic acid groups (broad SMARTS) is 1. The van der Waals surface area contributed by atoms with Crippen molar-refractivity contribution in [2.75, 3.05) is 0 Å². The van der Waals surface area contributed by atoms with Crippen molar-refractivity contribution in [3.05, 3.63) is 47.7 Å². The van der Waals surface area contributed by atoms with Gasteiger partial charge in [-0.1, -0.05) is 30.3 Å². The fourth-order valence-electron chi connectivity index (χ4n) is 2.53. The normalized spacial score (nSPS) is 14.7. The van der Waals surface area contributed by atoms with Gasteiger partial charge >= 0.3 is 5.97 Å². The maximum atomic E-state index is 11.3. The van der Waals surface area contributed by atoms with Gasteiger partial charge in [-0.25, -0.2) is 4.79 Å². The van der Waals surface area contributed by atoms with Crippen molar-refractivity contribution < 1.29 is 9.90 Å². The summed E-state index contributed by atoms with van der Waals surface area (Å²) in [6.07, 6.45) is 2.21. The van der Waals surface area contributed by atoms with E-state index in [2.05, 4.69) is 0 Å². The molecule has 1 aromatic heterocycles. The number of hydrogen-bond acceptors (Lipinski definition) is 1. The molecule has 1 heterocycles. The van der Waals surface area contributed by atoms with E-state index < -0.39 is 5.97 Å². The molecule has 1 aliphatic rings. The van der Waals surface area contributed by atoms with Gasteiger partial charge in [0, 0.05) is 24.4 Å². The van der Waals surface area contributed by atoms with Crippen LogP contribution in [0.3, 0.4) is 0 Å². The third-order valence-electron chi connectivity index (χ3n) is 3.54. The predicted octanol–water partition coefficient (Wildman–Crippen LogP) is 3.27. The van der Waals surface area contributed by atoms with Crippen LogP contribution in [0.1, 0.15) is 34.8 Å². The van der Waals surface area contributed by atoms with E-state index in [0.29, 0.717) is 11.5 Å². The van der Waals surface area contributed by atoms with E-state index in [0.717, 1.165) is 29.8 Å². The quantitative estimate of drug-likeness (QED) is 0.896. The number of aromatic carboxylic acids is 1. The zero-order chi connectivity index (χ0) is 12.7. The van der Waals surface area contributed by atoms with Gasteiger partial charge < -0.3 is 9.67 Å². The van der Waals surface area contributed by atoms with Gasteiger partial charge in [0.1, 0.15) is 0 Å². The van der Waals surface area contributed by atoms with Gasteiger partial charge in [-0.05, 0) is 24.5 Å². The van der Waals surface area contributed by atoms with Crippen LogP contribution in [0.4, 0.5) is 0 Å². The van der Waals surface area contributed by atoms with Gasteiger partial charge in [0.15, 0.2) is 0 Å². The number of carbonyl (C=O) groups is 1. The Morgan fingerprint density at radius 1 is 1.28 bits per heavy atom. The van der Waals surface area contributed by atoms with Gasteiger partial charge in [-0.15, -0.1) is 0 Å². The van der Waals surface area contributed by atoms with Crippen molar-refractivity contribution in [2.45, 2.75) is 18.8 Å². The zero-order valence-electron chi connectivity index (χ0n) is 10.3. The van der Waals surface area contributed by atoms with Gasteiger partial charge in [0.25, 0.3) is 0 Å². The van der Waals surface area contributed by atoms with E-state index in [-0.39, 0.29) is 0 Å². The molecule has 2 aromatic rings. The highest BCUT2D eigenvalue weighted by Crippen LogP contribution is 2.43. The van der Waals surface area contributed by atoms with Gasteiger partial charge in [0.05, 0.1) is 5.56 Å². The fourth-order valence-corrected chi connectivity index (χ4v) is 2.53. The number of rotatable bonds is 3. The van der Waals surface area contributed by atoms with Crippen LogP contribution in [0.15, 0.2) is 36.4 Å². The fraction of sp³-hybridized carbons (Fsp3) is 0.267. The minimum Gasteiger partial charge on any atom is -0.478 e. The topological polar surface area (TPSA) is 42.2 Å². The molecule has 18 heavy (non-hydrogen) atoms. The van der Waals surface area contributed by atoms with E-state index in [4.69, 9.17) is 0 Å². The Kier molecular flexibility index (Phi) is 2.47. The maximum absolute atomic E-state index is 11.3. The number of hydrogen-bond donors (Lipinski definition) is 1. The first-order valence-corrected chi connectivity index (χ1v) is 6.17. The summed E-state index contributed by atoms with van der Waals surface area (Å²) in [6.45, 7) is 0. The van der Waals surface area contributed by atoms with Crippen molar-refractivity contribution in [3.8, 4) is 11.3 Å². The summed E-state index contributed by atoms with van der Waals surface area (Å²) < 4.78 is 2.04. The standard InChI is InChI=1S/C15H15NO2/c1-16-13(10-5-3-2-4-6-10)9-12(15(17)18)14(16)11-7-8-11/h2-6,9,11H,7-8H2,1H3,(H,17,18). The first kappa shape index (κ1) is 11.1. The largest absolute Gasteiger partial charge is 0.478 e. The summed E-state index contributed by atoms with van der Waals surface area (Å²) in [5, 5.41) is 9.31. The van der Waals surface area contributed by atoms with E-state index in [1.54, 1.807) is 6.07 Å². The average molecular weight is 241 g/mol. The number of aromatic nitrogens is 1. The van der Waals surface area contributed by atoms with E-state index in [1.165, 1.54) is 0 Å². The molecule has 0 bridgehead atoms. The molecule has 0 unspecified atom stereocenters. The van der Waals surface area contributed by atoms with Crippen LogP contribution in [0, 0.1) is 0 Å². The average Bonchev–Trinajstić information content (AvgIpc) is 3.14. The summed E-state index contributed by atoms with van der Waals surface area (Å²) in [7, 11) is 1.96. The second-order valence-corrected chi connectivity index (χ2v) is 4.83. The Hall–Kier alpha value is -2.03. The molecule has 1 N–H and O–H groups in total. The molecule has 0 saturated heterocycles. The van der Waals surface area contributed by atoms with Crippen molar-refractivity contribution in [3.63, 3.8) is 0 Å². The highest BCUT2D eigenvalue weighted by molar-refractivity contribution is 5.91. The molecule has 1 aliphatic carbocycles. The minimum absolute atomic E-state index is 0.429. The van der Waals surface area contributed by atoms with Gasteiger partial charge in [-0.2, -0.15) is 0 Å². The van der Waals surface area contributed by atoms with Gasteiger partial charge in [0.2, 0.25) is 0 Å². The highest BCUT2D eigenvalue weighted by Gasteiger charge is 2.32. The Labute approximate surface area is 106 Å². The molecule has 1 aromatic carbocycles. The minimum atomic E-state index is -0.824. The third kappa shape index (κ3) is 1.72. The van der Waals surface area contributed by atoms with Crippen LogP contribution in [-0.4, -0.2) is 15.6 Å². The predicted molar refractivity (Wildman–Crippen MR) is 69.8 cm³/mol. The first-order chi connectivity index (χ1) is 8.68. The molecule has 1 saturated carbocycles. The molecule has 0 atom stereocenters. The lowest BCUT2D eigenvalue weighted by Crippen LogP contribution is -2.03. The second-order valence-electron chi connectivity index (χ2n) is 4.83. The molecule has 1 fully saturated rings. The van der Waals surface area contributed by atoms with Crippen molar-refractivity contribution in [1.82, 2.24) is 4.57 Å². The molecule has 3 rings (SSSR count). The molecule has 3 nitrogen and oxygen atoms in total. The summed E-state index contributed by atoms with van der Waals surface area (Å²) in [6, 6.07) is 11.7. The number of nitrogens with zero attached hydrogens (tertiary/aromatic N) is 1. The van der Waals surface area contributed by atoms with Crippen molar-refractivity contribution in [2.24, 2.45) is 7.05 Å². The van der Waals surface area contributed by atoms with Crippen LogP contribution >= 0.6 is 0 Å². The molecule has 0 aliphatic heterocycles. The summed E-state index contributed by atoms with van der Waals surface area (Å²) in [5.41, 5.74) is 3.48. The lowest BCUT2D eigenvalue weighted by Gasteiger charge is -2.07. The van der Waals surface area contributed by atoms with Crippen LogP contribution in [0.5, 0.6) is 0 Å².